The number of carbonyl (C=O) groups excluding carboxylic acids is 2. The van der Waals surface area contributed by atoms with Gasteiger partial charge in [0.1, 0.15) is 0 Å². The quantitative estimate of drug-likeness (QED) is 0.283. The van der Waals surface area contributed by atoms with Gasteiger partial charge in [0.15, 0.2) is 0 Å². The topological polar surface area (TPSA) is 75.4 Å². The van der Waals surface area contributed by atoms with Gasteiger partial charge in [-0.3, -0.25) is 14.5 Å². The fraction of sp³-hybridized carbons (Fsp3) is 0.826. The van der Waals surface area contributed by atoms with E-state index >= 15 is 0 Å². The molecule has 0 aromatic rings. The molecule has 0 bridgehead atoms. The molecule has 0 aliphatic carbocycles. The second-order valence-corrected chi connectivity index (χ2v) is 10.4. The Kier molecular flexibility index (Phi) is 9.85. The highest BCUT2D eigenvalue weighted by molar-refractivity contribution is 6.03. The first kappa shape index (κ1) is 24.8. The van der Waals surface area contributed by atoms with Gasteiger partial charge in [-0.15, -0.1) is 0 Å². The first-order valence-corrected chi connectivity index (χ1v) is 10.9. The second kappa shape index (κ2) is 11.1. The number of rotatable bonds is 13. The number of hydrogen-bond donors (Lipinski definition) is 2. The summed E-state index contributed by atoms with van der Waals surface area (Å²) in [5.74, 6) is -0.226. The summed E-state index contributed by atoms with van der Waals surface area (Å²) in [6.45, 7) is 18.5. The van der Waals surface area contributed by atoms with Crippen LogP contribution in [0.25, 0.3) is 0 Å². The first-order chi connectivity index (χ1) is 12.9. The van der Waals surface area contributed by atoms with Crippen molar-refractivity contribution in [3.05, 3.63) is 12.2 Å². The van der Waals surface area contributed by atoms with E-state index in [1.807, 2.05) is 0 Å². The number of likely N-dealkylation sites (tertiary alicyclic amines) is 1. The third kappa shape index (κ3) is 9.33. The summed E-state index contributed by atoms with van der Waals surface area (Å²) in [4.78, 5) is 26.5. The number of nitrogens with one attached hydrogen (secondary N) is 1. The van der Waals surface area contributed by atoms with Crippen LogP contribution in [0.1, 0.15) is 79.6 Å². The van der Waals surface area contributed by atoms with Gasteiger partial charge in [0, 0.05) is 26.1 Å². The Bertz CT molecular complexity index is 534. The molecule has 0 spiro atoms. The van der Waals surface area contributed by atoms with Crippen LogP contribution in [-0.4, -0.2) is 42.9 Å². The molecule has 5 nitrogen and oxygen atoms in total. The molecule has 1 rings (SSSR count). The lowest BCUT2D eigenvalue weighted by Crippen LogP contribution is -2.32. The van der Waals surface area contributed by atoms with E-state index in [0.29, 0.717) is 25.9 Å². The SMILES string of the molecule is C=C(CC1CC(=O)N(CCCCCNCCN)C1=O)CC(C)(C)CC(C)(C)C. The van der Waals surface area contributed by atoms with Gasteiger partial charge in [-0.2, -0.15) is 0 Å². The van der Waals surface area contributed by atoms with Crippen molar-refractivity contribution in [3.63, 3.8) is 0 Å². The van der Waals surface area contributed by atoms with Crippen molar-refractivity contribution in [2.75, 3.05) is 26.2 Å². The maximum Gasteiger partial charge on any atom is 0.233 e. The first-order valence-electron chi connectivity index (χ1n) is 10.9. The molecule has 162 valence electrons. The molecule has 2 amide bonds. The Morgan fingerprint density at radius 2 is 1.82 bits per heavy atom. The Labute approximate surface area is 172 Å². The van der Waals surface area contributed by atoms with Crippen molar-refractivity contribution < 1.29 is 9.59 Å². The molecule has 1 atom stereocenters. The number of nitrogens with zero attached hydrogens (tertiary/aromatic N) is 1. The highest BCUT2D eigenvalue weighted by atomic mass is 16.2. The molecule has 1 unspecified atom stereocenters. The van der Waals surface area contributed by atoms with E-state index in [1.165, 1.54) is 4.90 Å². The molecule has 1 fully saturated rings. The van der Waals surface area contributed by atoms with Crippen LogP contribution in [0.5, 0.6) is 0 Å². The van der Waals surface area contributed by atoms with Crippen LogP contribution in [0.4, 0.5) is 0 Å². The van der Waals surface area contributed by atoms with Crippen molar-refractivity contribution in [2.45, 2.75) is 79.6 Å². The van der Waals surface area contributed by atoms with Crippen LogP contribution in [-0.2, 0) is 9.59 Å². The van der Waals surface area contributed by atoms with E-state index in [4.69, 9.17) is 5.73 Å². The minimum Gasteiger partial charge on any atom is -0.329 e. The smallest absolute Gasteiger partial charge is 0.233 e. The maximum atomic E-state index is 12.7. The van der Waals surface area contributed by atoms with Crippen molar-refractivity contribution in [1.29, 1.82) is 0 Å². The average molecular weight is 394 g/mol. The van der Waals surface area contributed by atoms with Gasteiger partial charge in [-0.05, 0) is 49.5 Å². The van der Waals surface area contributed by atoms with Gasteiger partial charge in [0.05, 0.1) is 5.92 Å². The monoisotopic (exact) mass is 393 g/mol. The van der Waals surface area contributed by atoms with E-state index in [-0.39, 0.29) is 28.6 Å². The zero-order chi connectivity index (χ0) is 21.4. The van der Waals surface area contributed by atoms with Crippen molar-refractivity contribution in [1.82, 2.24) is 10.2 Å². The van der Waals surface area contributed by atoms with Gasteiger partial charge in [-0.25, -0.2) is 0 Å². The van der Waals surface area contributed by atoms with Gasteiger partial charge in [0.2, 0.25) is 11.8 Å². The zero-order valence-electron chi connectivity index (χ0n) is 18.9. The number of nitrogens with two attached hydrogens (primary N) is 1. The molecular formula is C23H43N3O2. The predicted octanol–water partition coefficient (Wildman–Crippen LogP) is 3.88. The van der Waals surface area contributed by atoms with E-state index in [9.17, 15) is 9.59 Å². The molecule has 0 aromatic carbocycles. The second-order valence-electron chi connectivity index (χ2n) is 10.4. The molecule has 28 heavy (non-hydrogen) atoms. The average Bonchev–Trinajstić information content (AvgIpc) is 2.77. The minimum absolute atomic E-state index is 0.000958. The predicted molar refractivity (Wildman–Crippen MR) is 117 cm³/mol. The standard InChI is InChI=1S/C23H43N3O2/c1-18(16-23(5,6)17-22(2,3)4)14-19-15-20(27)26(21(19)28)13-9-7-8-11-25-12-10-24/h19,25H,1,7-17,24H2,2-6H3. The molecule has 1 saturated heterocycles. The Morgan fingerprint density at radius 3 is 2.43 bits per heavy atom. The number of hydrogen-bond acceptors (Lipinski definition) is 4. The van der Waals surface area contributed by atoms with E-state index in [2.05, 4.69) is 46.5 Å². The Balaban J connectivity index is 2.41. The van der Waals surface area contributed by atoms with Crippen LogP contribution in [0.2, 0.25) is 0 Å². The molecule has 0 saturated carbocycles. The lowest BCUT2D eigenvalue weighted by molar-refractivity contribution is -0.139. The van der Waals surface area contributed by atoms with E-state index < -0.39 is 0 Å². The summed E-state index contributed by atoms with van der Waals surface area (Å²) in [7, 11) is 0. The van der Waals surface area contributed by atoms with Gasteiger partial charge in [-0.1, -0.05) is 53.2 Å². The largest absolute Gasteiger partial charge is 0.329 e. The summed E-state index contributed by atoms with van der Waals surface area (Å²) in [6, 6.07) is 0. The third-order valence-electron chi connectivity index (χ3n) is 5.17. The fourth-order valence-corrected chi connectivity index (χ4v) is 4.67. The highest BCUT2D eigenvalue weighted by Crippen LogP contribution is 2.39. The van der Waals surface area contributed by atoms with Crippen molar-refractivity contribution in [2.24, 2.45) is 22.5 Å². The van der Waals surface area contributed by atoms with Crippen LogP contribution in [0.15, 0.2) is 12.2 Å². The molecule has 5 heteroatoms. The van der Waals surface area contributed by atoms with Crippen molar-refractivity contribution >= 4 is 11.8 Å². The highest BCUT2D eigenvalue weighted by Gasteiger charge is 2.38. The third-order valence-corrected chi connectivity index (χ3v) is 5.17. The van der Waals surface area contributed by atoms with Crippen LogP contribution < -0.4 is 11.1 Å². The van der Waals surface area contributed by atoms with Crippen molar-refractivity contribution in [3.8, 4) is 0 Å². The number of imide groups is 1. The Hall–Kier alpha value is -1.20. The summed E-state index contributed by atoms with van der Waals surface area (Å²) in [5.41, 5.74) is 6.95. The molecule has 1 aliphatic rings. The number of amides is 2. The minimum atomic E-state index is -0.211. The van der Waals surface area contributed by atoms with E-state index in [0.717, 1.165) is 50.8 Å². The summed E-state index contributed by atoms with van der Waals surface area (Å²) >= 11 is 0. The molecule has 0 aromatic heterocycles. The van der Waals surface area contributed by atoms with E-state index in [1.54, 1.807) is 0 Å². The molecular weight excluding hydrogens is 350 g/mol. The number of carbonyl (C=O) groups is 2. The number of unbranched alkanes of at least 4 members (excludes halogenated alkanes) is 2. The summed E-state index contributed by atoms with van der Waals surface area (Å²) in [6.07, 6.45) is 5.90. The molecule has 0 radical (unpaired) electrons. The van der Waals surface area contributed by atoms with Gasteiger partial charge >= 0.3 is 0 Å². The van der Waals surface area contributed by atoms with Crippen LogP contribution in [0, 0.1) is 16.7 Å². The van der Waals surface area contributed by atoms with Crippen LogP contribution >= 0.6 is 0 Å². The molecule has 1 heterocycles. The summed E-state index contributed by atoms with van der Waals surface area (Å²) < 4.78 is 0. The van der Waals surface area contributed by atoms with Gasteiger partial charge < -0.3 is 11.1 Å². The summed E-state index contributed by atoms with van der Waals surface area (Å²) in [5, 5.41) is 3.26. The lowest BCUT2D eigenvalue weighted by Gasteiger charge is -2.33. The fourth-order valence-electron chi connectivity index (χ4n) is 4.67. The van der Waals surface area contributed by atoms with Gasteiger partial charge in [0.25, 0.3) is 0 Å². The zero-order valence-corrected chi connectivity index (χ0v) is 18.9. The maximum absolute atomic E-state index is 12.7. The molecule has 1 aliphatic heterocycles. The molecule has 3 N–H and O–H groups in total. The lowest BCUT2D eigenvalue weighted by atomic mass is 9.72. The van der Waals surface area contributed by atoms with Crippen LogP contribution in [0.3, 0.4) is 0 Å². The normalized spacial score (nSPS) is 18.2. The number of allylic oxidation sites excluding steroid dienone is 1. The Morgan fingerprint density at radius 1 is 1.14 bits per heavy atom.